The topological polar surface area (TPSA) is 57.6 Å². The number of anilines is 1. The van der Waals surface area contributed by atoms with Crippen LogP contribution < -0.4 is 4.90 Å². The molecule has 1 unspecified atom stereocenters. The number of para-hydroxylation sites is 1. The first kappa shape index (κ1) is 18.1. The van der Waals surface area contributed by atoms with Gasteiger partial charge in [0.05, 0.1) is 12.1 Å². The van der Waals surface area contributed by atoms with Gasteiger partial charge in [-0.05, 0) is 18.1 Å². The third-order valence-electron chi connectivity index (χ3n) is 5.22. The lowest BCUT2D eigenvalue weighted by atomic mass is 9.88. The molecule has 4 nitrogen and oxygen atoms in total. The van der Waals surface area contributed by atoms with Gasteiger partial charge in [0, 0.05) is 17.7 Å². The van der Waals surface area contributed by atoms with Crippen molar-refractivity contribution in [2.45, 2.75) is 18.4 Å². The molecule has 1 atom stereocenters. The zero-order chi connectivity index (χ0) is 19.6. The molecule has 1 N–H and O–H groups in total. The van der Waals surface area contributed by atoms with Crippen LogP contribution in [0.25, 0.3) is 0 Å². The fraction of sp³-hybridized carbons (Fsp3) is 0.167. The average molecular weight is 371 g/mol. The number of amides is 1. The van der Waals surface area contributed by atoms with Crippen LogP contribution in [0.1, 0.15) is 27.9 Å². The quantitative estimate of drug-likeness (QED) is 0.672. The molecule has 0 fully saturated rings. The molecule has 1 heterocycles. The van der Waals surface area contributed by atoms with E-state index in [0.29, 0.717) is 29.8 Å². The van der Waals surface area contributed by atoms with Crippen LogP contribution in [-0.2, 0) is 16.8 Å². The monoisotopic (exact) mass is 371 g/mol. The molecule has 1 aliphatic rings. The molecule has 4 heteroatoms. The maximum Gasteiger partial charge on any atom is 0.264 e. The lowest BCUT2D eigenvalue weighted by Crippen LogP contribution is -2.42. The number of fused-ring (bicyclic) bond motifs is 1. The molecule has 1 amide bonds. The zero-order valence-corrected chi connectivity index (χ0v) is 15.4. The molecule has 3 aromatic carbocycles. The van der Waals surface area contributed by atoms with Crippen LogP contribution in [0.2, 0.25) is 0 Å². The Bertz CT molecular complexity index is 1000. The molecular formula is C24H21NO3. The number of Topliss-reactive ketones (excluding diaryl/α,β-unsaturated/α-hetero) is 1. The highest BCUT2D eigenvalue weighted by molar-refractivity contribution is 6.10. The summed E-state index contributed by atoms with van der Waals surface area (Å²) in [7, 11) is 0. The maximum atomic E-state index is 13.2. The Morgan fingerprint density at radius 1 is 0.857 bits per heavy atom. The SMILES string of the molecule is O=C(CC1(O)C(=O)N(CCc2ccccc2)c2ccccc21)c1ccccc1. The number of nitrogens with zero attached hydrogens (tertiary/aromatic N) is 1. The highest BCUT2D eigenvalue weighted by atomic mass is 16.3. The van der Waals surface area contributed by atoms with Gasteiger partial charge >= 0.3 is 0 Å². The van der Waals surface area contributed by atoms with Crippen LogP contribution in [0.4, 0.5) is 5.69 Å². The van der Waals surface area contributed by atoms with Crippen LogP contribution in [0, 0.1) is 0 Å². The number of carbonyl (C=O) groups is 2. The highest BCUT2D eigenvalue weighted by Gasteiger charge is 2.50. The van der Waals surface area contributed by atoms with Crippen LogP contribution in [0.5, 0.6) is 0 Å². The Hall–Kier alpha value is -3.24. The van der Waals surface area contributed by atoms with Crippen molar-refractivity contribution in [2.75, 3.05) is 11.4 Å². The third-order valence-corrected chi connectivity index (χ3v) is 5.22. The van der Waals surface area contributed by atoms with E-state index in [2.05, 4.69) is 0 Å². The predicted octanol–water partition coefficient (Wildman–Crippen LogP) is 3.74. The minimum Gasteiger partial charge on any atom is -0.375 e. The van der Waals surface area contributed by atoms with E-state index in [0.717, 1.165) is 5.56 Å². The summed E-state index contributed by atoms with van der Waals surface area (Å²) >= 11 is 0. The minimum absolute atomic E-state index is 0.254. The van der Waals surface area contributed by atoms with Gasteiger partial charge in [0.1, 0.15) is 0 Å². The molecule has 0 spiro atoms. The van der Waals surface area contributed by atoms with Crippen LogP contribution in [0.3, 0.4) is 0 Å². The van der Waals surface area contributed by atoms with E-state index >= 15 is 0 Å². The smallest absolute Gasteiger partial charge is 0.264 e. The number of carbonyl (C=O) groups excluding carboxylic acids is 2. The van der Waals surface area contributed by atoms with Crippen LogP contribution in [-0.4, -0.2) is 23.3 Å². The molecule has 1 aliphatic heterocycles. The van der Waals surface area contributed by atoms with Crippen molar-refractivity contribution in [3.63, 3.8) is 0 Å². The first-order chi connectivity index (χ1) is 13.6. The lowest BCUT2D eigenvalue weighted by Gasteiger charge is -2.23. The van der Waals surface area contributed by atoms with Gasteiger partial charge in [0.15, 0.2) is 11.4 Å². The number of hydrogen-bond donors (Lipinski definition) is 1. The Morgan fingerprint density at radius 2 is 1.46 bits per heavy atom. The van der Waals surface area contributed by atoms with E-state index in [1.165, 1.54) is 0 Å². The average Bonchev–Trinajstić information content (AvgIpc) is 2.95. The van der Waals surface area contributed by atoms with Crippen molar-refractivity contribution in [3.05, 3.63) is 102 Å². The number of benzene rings is 3. The van der Waals surface area contributed by atoms with Gasteiger partial charge in [-0.2, -0.15) is 0 Å². The van der Waals surface area contributed by atoms with E-state index in [9.17, 15) is 14.7 Å². The summed E-state index contributed by atoms with van der Waals surface area (Å²) in [5.74, 6) is -0.690. The molecule has 0 bridgehead atoms. The largest absolute Gasteiger partial charge is 0.375 e. The van der Waals surface area contributed by atoms with E-state index in [4.69, 9.17) is 0 Å². The summed E-state index contributed by atoms with van der Waals surface area (Å²) in [5.41, 5.74) is 0.942. The summed E-state index contributed by atoms with van der Waals surface area (Å²) in [4.78, 5) is 27.5. The fourth-order valence-corrected chi connectivity index (χ4v) is 3.74. The van der Waals surface area contributed by atoms with Crippen LogP contribution in [0.15, 0.2) is 84.9 Å². The second-order valence-corrected chi connectivity index (χ2v) is 7.04. The molecule has 0 saturated heterocycles. The molecule has 4 rings (SSSR count). The Kier molecular flexibility index (Phi) is 4.80. The van der Waals surface area contributed by atoms with E-state index < -0.39 is 11.5 Å². The first-order valence-electron chi connectivity index (χ1n) is 9.35. The lowest BCUT2D eigenvalue weighted by molar-refractivity contribution is -0.135. The molecule has 0 saturated carbocycles. The van der Waals surface area contributed by atoms with Crippen molar-refractivity contribution >= 4 is 17.4 Å². The normalized spacial score (nSPS) is 18.2. The Morgan fingerprint density at radius 3 is 2.18 bits per heavy atom. The van der Waals surface area contributed by atoms with Crippen molar-refractivity contribution in [2.24, 2.45) is 0 Å². The number of hydrogen-bond acceptors (Lipinski definition) is 3. The molecule has 3 aromatic rings. The zero-order valence-electron chi connectivity index (χ0n) is 15.4. The summed E-state index contributed by atoms with van der Waals surface area (Å²) in [5, 5.41) is 11.3. The van der Waals surface area contributed by atoms with Crippen molar-refractivity contribution in [1.82, 2.24) is 0 Å². The van der Waals surface area contributed by atoms with Gasteiger partial charge in [0.2, 0.25) is 0 Å². The van der Waals surface area contributed by atoms with Gasteiger partial charge in [-0.25, -0.2) is 0 Å². The van der Waals surface area contributed by atoms with Crippen LogP contribution >= 0.6 is 0 Å². The van der Waals surface area contributed by atoms with Crippen molar-refractivity contribution in [1.29, 1.82) is 0 Å². The molecular weight excluding hydrogens is 350 g/mol. The molecule has 0 radical (unpaired) electrons. The van der Waals surface area contributed by atoms with Gasteiger partial charge in [-0.15, -0.1) is 0 Å². The summed E-state index contributed by atoms with van der Waals surface area (Å²) in [6.45, 7) is 0.446. The molecule has 140 valence electrons. The highest BCUT2D eigenvalue weighted by Crippen LogP contribution is 2.42. The number of ketones is 1. The van der Waals surface area contributed by atoms with Gasteiger partial charge in [-0.3, -0.25) is 9.59 Å². The number of aliphatic hydroxyl groups is 1. The third kappa shape index (κ3) is 3.23. The van der Waals surface area contributed by atoms with E-state index in [-0.39, 0.29) is 12.2 Å². The molecule has 0 aromatic heterocycles. The fourth-order valence-electron chi connectivity index (χ4n) is 3.74. The standard InChI is InChI=1S/C24H21NO3/c26-22(19-11-5-2-6-12-19)17-24(28)20-13-7-8-14-21(20)25(23(24)27)16-15-18-9-3-1-4-10-18/h1-14,28H,15-17H2. The maximum absolute atomic E-state index is 13.2. The summed E-state index contributed by atoms with van der Waals surface area (Å²) < 4.78 is 0. The summed E-state index contributed by atoms with van der Waals surface area (Å²) in [6, 6.07) is 25.8. The second-order valence-electron chi connectivity index (χ2n) is 7.04. The number of rotatable bonds is 6. The first-order valence-corrected chi connectivity index (χ1v) is 9.35. The summed E-state index contributed by atoms with van der Waals surface area (Å²) in [6.07, 6.45) is 0.401. The minimum atomic E-state index is -1.83. The van der Waals surface area contributed by atoms with E-state index in [1.807, 2.05) is 48.5 Å². The van der Waals surface area contributed by atoms with Gasteiger partial charge < -0.3 is 10.0 Å². The van der Waals surface area contributed by atoms with Gasteiger partial charge in [-0.1, -0.05) is 78.9 Å². The Balaban J connectivity index is 1.61. The van der Waals surface area contributed by atoms with E-state index in [1.54, 1.807) is 41.3 Å². The Labute approximate surface area is 164 Å². The van der Waals surface area contributed by atoms with Crippen molar-refractivity contribution in [3.8, 4) is 0 Å². The molecule has 0 aliphatic carbocycles. The molecule has 28 heavy (non-hydrogen) atoms. The second kappa shape index (κ2) is 7.41. The van der Waals surface area contributed by atoms with Gasteiger partial charge in [0.25, 0.3) is 5.91 Å². The van der Waals surface area contributed by atoms with Crippen molar-refractivity contribution < 1.29 is 14.7 Å². The predicted molar refractivity (Wildman–Crippen MR) is 108 cm³/mol.